The molecule has 1 aliphatic heterocycles. The predicted molar refractivity (Wildman–Crippen MR) is 73.6 cm³/mol. The Hall–Kier alpha value is -0.770. The van der Waals surface area contributed by atoms with Crippen molar-refractivity contribution in [3.63, 3.8) is 0 Å². The Morgan fingerprint density at radius 2 is 2.33 bits per heavy atom. The minimum absolute atomic E-state index is 0.353. The normalized spacial score (nSPS) is 19.8. The van der Waals surface area contributed by atoms with Crippen LogP contribution in [0, 0.1) is 0 Å². The number of hydrogen-bond acceptors (Lipinski definition) is 2. The minimum atomic E-state index is 0.353. The molecule has 96 valence electrons. The van der Waals surface area contributed by atoms with Crippen molar-refractivity contribution in [2.24, 2.45) is 0 Å². The Bertz CT molecular complexity index is 561. The number of halogens is 2. The van der Waals surface area contributed by atoms with Gasteiger partial charge < -0.3 is 9.30 Å². The molecule has 1 fully saturated rings. The highest BCUT2D eigenvalue weighted by molar-refractivity contribution is 6.31. The molecular weight excluding hydrogens is 271 g/mol. The zero-order chi connectivity index (χ0) is 12.5. The Kier molecular flexibility index (Phi) is 3.46. The van der Waals surface area contributed by atoms with Gasteiger partial charge in [-0.1, -0.05) is 11.6 Å². The van der Waals surface area contributed by atoms with Crippen molar-refractivity contribution in [1.82, 2.24) is 9.55 Å². The van der Waals surface area contributed by atoms with Crippen LogP contribution in [0.2, 0.25) is 5.02 Å². The van der Waals surface area contributed by atoms with E-state index in [1.807, 2.05) is 18.2 Å². The van der Waals surface area contributed by atoms with E-state index in [1.54, 1.807) is 0 Å². The second-order valence-corrected chi connectivity index (χ2v) is 5.30. The molecule has 1 unspecified atom stereocenters. The van der Waals surface area contributed by atoms with Crippen molar-refractivity contribution in [2.75, 3.05) is 19.1 Å². The van der Waals surface area contributed by atoms with Crippen molar-refractivity contribution >= 4 is 34.2 Å². The summed E-state index contributed by atoms with van der Waals surface area (Å²) in [5.41, 5.74) is 2.06. The summed E-state index contributed by atoms with van der Waals surface area (Å²) in [6, 6.07) is 6.16. The molecule has 0 bridgehead atoms. The van der Waals surface area contributed by atoms with E-state index < -0.39 is 0 Å². The predicted octanol–water partition coefficient (Wildman–Crippen LogP) is 3.43. The maximum atomic E-state index is 6.09. The van der Waals surface area contributed by atoms with Crippen LogP contribution in [-0.2, 0) is 11.2 Å². The Balaban J connectivity index is 2.16. The van der Waals surface area contributed by atoms with Gasteiger partial charge >= 0.3 is 0 Å². The van der Waals surface area contributed by atoms with Gasteiger partial charge in [0.05, 0.1) is 23.7 Å². The van der Waals surface area contributed by atoms with E-state index >= 15 is 0 Å². The van der Waals surface area contributed by atoms with Crippen LogP contribution in [0.25, 0.3) is 11.0 Å². The first-order valence-electron chi connectivity index (χ1n) is 6.09. The molecule has 0 N–H and O–H groups in total. The van der Waals surface area contributed by atoms with Gasteiger partial charge in [-0.2, -0.15) is 0 Å². The van der Waals surface area contributed by atoms with Gasteiger partial charge in [-0.25, -0.2) is 4.98 Å². The first-order chi connectivity index (χ1) is 8.79. The Morgan fingerprint density at radius 3 is 3.06 bits per heavy atom. The molecule has 0 amide bonds. The van der Waals surface area contributed by atoms with Gasteiger partial charge in [0.2, 0.25) is 0 Å². The third-order valence-electron chi connectivity index (χ3n) is 3.31. The van der Waals surface area contributed by atoms with Crippen molar-refractivity contribution in [3.8, 4) is 0 Å². The Labute approximate surface area is 116 Å². The molecule has 1 aliphatic rings. The number of rotatable bonds is 3. The summed E-state index contributed by atoms with van der Waals surface area (Å²) in [7, 11) is 0. The number of alkyl halides is 1. The maximum Gasteiger partial charge on any atom is 0.111 e. The van der Waals surface area contributed by atoms with Crippen LogP contribution in [-0.4, -0.2) is 28.6 Å². The third kappa shape index (κ3) is 2.11. The quantitative estimate of drug-likeness (QED) is 0.808. The standard InChI is InChI=1S/C13H14Cl2N2O/c14-5-3-13-16-11-2-1-9(15)7-12(11)17(13)10-4-6-18-8-10/h1-2,7,10H,3-6,8H2. The summed E-state index contributed by atoms with van der Waals surface area (Å²) in [6.07, 6.45) is 1.79. The molecule has 1 saturated heterocycles. The number of aromatic nitrogens is 2. The van der Waals surface area contributed by atoms with Crippen LogP contribution in [0.3, 0.4) is 0 Å². The van der Waals surface area contributed by atoms with E-state index in [0.717, 1.165) is 47.9 Å². The molecule has 0 saturated carbocycles. The van der Waals surface area contributed by atoms with Crippen LogP contribution < -0.4 is 0 Å². The van der Waals surface area contributed by atoms with E-state index in [1.165, 1.54) is 0 Å². The van der Waals surface area contributed by atoms with Crippen LogP contribution in [0.5, 0.6) is 0 Å². The van der Waals surface area contributed by atoms with Gasteiger partial charge in [-0.3, -0.25) is 0 Å². The third-order valence-corrected chi connectivity index (χ3v) is 3.74. The number of aryl methyl sites for hydroxylation is 1. The second kappa shape index (κ2) is 5.08. The molecule has 18 heavy (non-hydrogen) atoms. The topological polar surface area (TPSA) is 27.1 Å². The molecule has 1 aromatic heterocycles. The van der Waals surface area contributed by atoms with Gasteiger partial charge in [0, 0.05) is 23.9 Å². The molecular formula is C13H14Cl2N2O. The number of hydrogen-bond donors (Lipinski definition) is 0. The molecule has 3 rings (SSSR count). The number of fused-ring (bicyclic) bond motifs is 1. The van der Waals surface area contributed by atoms with Crippen molar-refractivity contribution in [2.45, 2.75) is 18.9 Å². The molecule has 5 heteroatoms. The molecule has 1 atom stereocenters. The smallest absolute Gasteiger partial charge is 0.111 e. The van der Waals surface area contributed by atoms with Crippen molar-refractivity contribution < 1.29 is 4.74 Å². The molecule has 0 spiro atoms. The summed E-state index contributed by atoms with van der Waals surface area (Å²) in [5, 5.41) is 0.736. The van der Waals surface area contributed by atoms with Gasteiger partial charge in [0.25, 0.3) is 0 Å². The first kappa shape index (κ1) is 12.3. The summed E-state index contributed by atoms with van der Waals surface area (Å²) >= 11 is 11.9. The number of benzene rings is 1. The van der Waals surface area contributed by atoms with E-state index in [4.69, 9.17) is 27.9 Å². The summed E-state index contributed by atoms with van der Waals surface area (Å²) in [6.45, 7) is 1.55. The highest BCUT2D eigenvalue weighted by Crippen LogP contribution is 2.28. The van der Waals surface area contributed by atoms with Gasteiger partial charge in [0.1, 0.15) is 5.82 Å². The minimum Gasteiger partial charge on any atom is -0.379 e. The molecule has 2 heterocycles. The van der Waals surface area contributed by atoms with E-state index in [9.17, 15) is 0 Å². The van der Waals surface area contributed by atoms with Crippen LogP contribution in [0.1, 0.15) is 18.3 Å². The lowest BCUT2D eigenvalue weighted by Gasteiger charge is -2.14. The van der Waals surface area contributed by atoms with Gasteiger partial charge in [0.15, 0.2) is 0 Å². The van der Waals surface area contributed by atoms with E-state index in [2.05, 4.69) is 9.55 Å². The maximum absolute atomic E-state index is 6.09. The van der Waals surface area contributed by atoms with Crippen LogP contribution >= 0.6 is 23.2 Å². The van der Waals surface area contributed by atoms with E-state index in [0.29, 0.717) is 11.9 Å². The molecule has 1 aromatic carbocycles. The average Bonchev–Trinajstić information content (AvgIpc) is 2.95. The highest BCUT2D eigenvalue weighted by Gasteiger charge is 2.22. The van der Waals surface area contributed by atoms with E-state index in [-0.39, 0.29) is 0 Å². The SMILES string of the molecule is ClCCc1nc2ccc(Cl)cc2n1C1CCOC1. The lowest BCUT2D eigenvalue weighted by molar-refractivity contribution is 0.186. The molecule has 0 aliphatic carbocycles. The fourth-order valence-electron chi connectivity index (χ4n) is 2.51. The van der Waals surface area contributed by atoms with Crippen molar-refractivity contribution in [1.29, 1.82) is 0 Å². The summed E-state index contributed by atoms with van der Waals surface area (Å²) in [5.74, 6) is 1.60. The zero-order valence-corrected chi connectivity index (χ0v) is 11.4. The van der Waals surface area contributed by atoms with Crippen molar-refractivity contribution in [3.05, 3.63) is 29.0 Å². The molecule has 3 nitrogen and oxygen atoms in total. The Morgan fingerprint density at radius 1 is 1.44 bits per heavy atom. The molecule has 0 radical (unpaired) electrons. The summed E-state index contributed by atoms with van der Waals surface area (Å²) in [4.78, 5) is 4.65. The fourth-order valence-corrected chi connectivity index (χ4v) is 2.85. The number of ether oxygens (including phenoxy) is 1. The van der Waals surface area contributed by atoms with Gasteiger partial charge in [-0.05, 0) is 24.6 Å². The van der Waals surface area contributed by atoms with Crippen LogP contribution in [0.4, 0.5) is 0 Å². The highest BCUT2D eigenvalue weighted by atomic mass is 35.5. The lowest BCUT2D eigenvalue weighted by Crippen LogP contribution is -2.12. The summed E-state index contributed by atoms with van der Waals surface area (Å²) < 4.78 is 7.73. The second-order valence-electron chi connectivity index (χ2n) is 4.49. The first-order valence-corrected chi connectivity index (χ1v) is 7.01. The average molecular weight is 285 g/mol. The van der Waals surface area contributed by atoms with Gasteiger partial charge in [-0.15, -0.1) is 11.6 Å². The fraction of sp³-hybridized carbons (Fsp3) is 0.462. The number of nitrogens with zero attached hydrogens (tertiary/aromatic N) is 2. The monoisotopic (exact) mass is 284 g/mol. The lowest BCUT2D eigenvalue weighted by atomic mass is 10.2. The largest absolute Gasteiger partial charge is 0.379 e. The zero-order valence-electron chi connectivity index (χ0n) is 9.90. The molecule has 2 aromatic rings. The van der Waals surface area contributed by atoms with Crippen LogP contribution in [0.15, 0.2) is 18.2 Å². The number of imidazole rings is 1.